The van der Waals surface area contributed by atoms with Crippen LogP contribution < -0.4 is 15.4 Å². The average molecular weight is 387 g/mol. The van der Waals surface area contributed by atoms with Crippen molar-refractivity contribution in [1.29, 1.82) is 0 Å². The number of nitrogens with one attached hydrogen (secondary N) is 3. The van der Waals surface area contributed by atoms with Gasteiger partial charge in [-0.3, -0.25) is 14.3 Å². The molecule has 0 radical (unpaired) electrons. The van der Waals surface area contributed by atoms with Gasteiger partial charge in [-0.05, 0) is 54.8 Å². The van der Waals surface area contributed by atoms with E-state index >= 15 is 0 Å². The monoisotopic (exact) mass is 387 g/mol. The molecule has 0 fully saturated rings. The first-order valence-corrected chi connectivity index (χ1v) is 10.1. The Balaban J connectivity index is 1.86. The minimum atomic E-state index is -3.83. The number of hydrogen-bond donors (Lipinski definition) is 3. The summed E-state index contributed by atoms with van der Waals surface area (Å²) in [5, 5.41) is 5.45. The molecule has 0 bridgehead atoms. The van der Waals surface area contributed by atoms with Crippen LogP contribution in [0.15, 0.2) is 41.3 Å². The highest BCUT2D eigenvalue weighted by Crippen LogP contribution is 2.25. The quantitative estimate of drug-likeness (QED) is 0.733. The Hall–Kier alpha value is -2.87. The molecule has 2 aromatic carbocycles. The van der Waals surface area contributed by atoms with Gasteiger partial charge in [0.1, 0.15) is 0 Å². The summed E-state index contributed by atoms with van der Waals surface area (Å²) in [6, 6.07) is 9.58. The zero-order valence-electron chi connectivity index (χ0n) is 15.1. The number of carbonyl (C=O) groups is 2. The molecule has 0 saturated carbocycles. The fourth-order valence-electron chi connectivity index (χ4n) is 2.96. The third kappa shape index (κ3) is 4.11. The third-order valence-corrected chi connectivity index (χ3v) is 5.90. The van der Waals surface area contributed by atoms with E-state index in [1.54, 1.807) is 44.2 Å². The second-order valence-corrected chi connectivity index (χ2v) is 8.02. The molecule has 27 heavy (non-hydrogen) atoms. The number of sulfonamides is 1. The van der Waals surface area contributed by atoms with Crippen LogP contribution in [0.4, 0.5) is 11.4 Å². The van der Waals surface area contributed by atoms with Crippen LogP contribution in [0.25, 0.3) is 0 Å². The van der Waals surface area contributed by atoms with Crippen LogP contribution in [-0.4, -0.2) is 26.8 Å². The van der Waals surface area contributed by atoms with Crippen molar-refractivity contribution < 1.29 is 18.0 Å². The van der Waals surface area contributed by atoms with Crippen molar-refractivity contribution in [3.63, 3.8) is 0 Å². The minimum Gasteiger partial charge on any atom is -0.352 e. The second kappa shape index (κ2) is 7.40. The molecule has 3 rings (SSSR count). The zero-order valence-corrected chi connectivity index (χ0v) is 15.9. The van der Waals surface area contributed by atoms with E-state index in [9.17, 15) is 18.0 Å². The largest absolute Gasteiger partial charge is 0.352 e. The molecule has 0 unspecified atom stereocenters. The molecule has 2 aromatic rings. The van der Waals surface area contributed by atoms with E-state index in [4.69, 9.17) is 0 Å². The molecule has 0 spiro atoms. The Morgan fingerprint density at radius 3 is 2.59 bits per heavy atom. The molecular weight excluding hydrogens is 366 g/mol. The summed E-state index contributed by atoms with van der Waals surface area (Å²) in [6.07, 6.45) is 1.06. The average Bonchev–Trinajstić information content (AvgIpc) is 2.62. The van der Waals surface area contributed by atoms with Gasteiger partial charge in [0.2, 0.25) is 5.91 Å². The summed E-state index contributed by atoms with van der Waals surface area (Å²) in [4.78, 5) is 23.6. The standard InChI is InChI=1S/C19H21N3O4S/c1-3-18(23)21-14-6-7-17(12(2)10-14)27(25,26)22-15-5-4-13-8-9-20-19(24)16(13)11-15/h4-7,10-11,22H,3,8-9H2,1-2H3,(H,20,24)(H,21,23). The van der Waals surface area contributed by atoms with E-state index in [2.05, 4.69) is 15.4 Å². The Bertz CT molecular complexity index is 1020. The first kappa shape index (κ1) is 18.9. The normalized spacial score (nSPS) is 13.5. The van der Waals surface area contributed by atoms with Crippen LogP contribution in [-0.2, 0) is 21.2 Å². The van der Waals surface area contributed by atoms with Crippen LogP contribution in [0.5, 0.6) is 0 Å². The molecule has 2 amide bonds. The summed E-state index contributed by atoms with van der Waals surface area (Å²) in [5.74, 6) is -0.347. The van der Waals surface area contributed by atoms with E-state index in [0.717, 1.165) is 12.0 Å². The van der Waals surface area contributed by atoms with Crippen molar-refractivity contribution in [1.82, 2.24) is 5.32 Å². The lowest BCUT2D eigenvalue weighted by Crippen LogP contribution is -2.31. The van der Waals surface area contributed by atoms with E-state index < -0.39 is 10.0 Å². The van der Waals surface area contributed by atoms with Gasteiger partial charge in [-0.1, -0.05) is 13.0 Å². The first-order chi connectivity index (χ1) is 12.8. The fourth-order valence-corrected chi connectivity index (χ4v) is 4.24. The zero-order chi connectivity index (χ0) is 19.6. The van der Waals surface area contributed by atoms with Crippen molar-refractivity contribution in [3.05, 3.63) is 53.1 Å². The van der Waals surface area contributed by atoms with Gasteiger partial charge in [-0.25, -0.2) is 8.42 Å². The number of benzene rings is 2. The first-order valence-electron chi connectivity index (χ1n) is 8.64. The molecule has 0 aliphatic carbocycles. The van der Waals surface area contributed by atoms with Crippen molar-refractivity contribution in [2.24, 2.45) is 0 Å². The van der Waals surface area contributed by atoms with E-state index in [1.807, 2.05) is 0 Å². The lowest BCUT2D eigenvalue weighted by atomic mass is 10.00. The number of aryl methyl sites for hydroxylation is 1. The topological polar surface area (TPSA) is 104 Å². The molecule has 1 aliphatic rings. The van der Waals surface area contributed by atoms with E-state index in [0.29, 0.717) is 35.5 Å². The SMILES string of the molecule is CCC(=O)Nc1ccc(S(=O)(=O)Nc2ccc3c(c2)C(=O)NCC3)c(C)c1. The van der Waals surface area contributed by atoms with Crippen LogP contribution in [0.2, 0.25) is 0 Å². The Morgan fingerprint density at radius 1 is 1.15 bits per heavy atom. The molecule has 0 atom stereocenters. The number of amides is 2. The Labute approximate surface area is 158 Å². The number of rotatable bonds is 5. The lowest BCUT2D eigenvalue weighted by Gasteiger charge is -2.18. The number of anilines is 2. The summed E-state index contributed by atoms with van der Waals surface area (Å²) >= 11 is 0. The predicted molar refractivity (Wildman–Crippen MR) is 103 cm³/mol. The Morgan fingerprint density at radius 2 is 1.89 bits per heavy atom. The maximum absolute atomic E-state index is 12.8. The number of fused-ring (bicyclic) bond motifs is 1. The molecule has 0 aromatic heterocycles. The third-order valence-electron chi connectivity index (χ3n) is 4.36. The molecular formula is C19H21N3O4S. The van der Waals surface area contributed by atoms with E-state index in [1.165, 1.54) is 6.07 Å². The minimum absolute atomic E-state index is 0.110. The van der Waals surface area contributed by atoms with Crippen molar-refractivity contribution in [2.45, 2.75) is 31.6 Å². The highest BCUT2D eigenvalue weighted by Gasteiger charge is 2.21. The Kier molecular flexibility index (Phi) is 5.18. The van der Waals surface area contributed by atoms with Crippen LogP contribution >= 0.6 is 0 Å². The highest BCUT2D eigenvalue weighted by atomic mass is 32.2. The van der Waals surface area contributed by atoms with Crippen molar-refractivity contribution >= 4 is 33.2 Å². The van der Waals surface area contributed by atoms with Gasteiger partial charge in [0, 0.05) is 29.9 Å². The summed E-state index contributed by atoms with van der Waals surface area (Å²) in [7, 11) is -3.83. The van der Waals surface area contributed by atoms with Crippen molar-refractivity contribution in [2.75, 3.05) is 16.6 Å². The van der Waals surface area contributed by atoms with Gasteiger partial charge in [-0.15, -0.1) is 0 Å². The molecule has 1 aliphatic heterocycles. The van der Waals surface area contributed by atoms with Crippen LogP contribution in [0.1, 0.15) is 34.8 Å². The molecule has 7 nitrogen and oxygen atoms in total. The van der Waals surface area contributed by atoms with Gasteiger partial charge < -0.3 is 10.6 Å². The summed E-state index contributed by atoms with van der Waals surface area (Å²) < 4.78 is 28.0. The van der Waals surface area contributed by atoms with Crippen LogP contribution in [0, 0.1) is 6.92 Å². The van der Waals surface area contributed by atoms with Gasteiger partial charge in [0.05, 0.1) is 4.90 Å². The van der Waals surface area contributed by atoms with Gasteiger partial charge in [0.15, 0.2) is 0 Å². The van der Waals surface area contributed by atoms with Crippen LogP contribution in [0.3, 0.4) is 0 Å². The maximum Gasteiger partial charge on any atom is 0.262 e. The predicted octanol–water partition coefficient (Wildman–Crippen LogP) is 2.43. The van der Waals surface area contributed by atoms with Crippen molar-refractivity contribution in [3.8, 4) is 0 Å². The smallest absolute Gasteiger partial charge is 0.262 e. The van der Waals surface area contributed by atoms with E-state index in [-0.39, 0.29) is 16.7 Å². The molecule has 0 saturated heterocycles. The number of hydrogen-bond acceptors (Lipinski definition) is 4. The summed E-state index contributed by atoms with van der Waals surface area (Å²) in [5.41, 5.74) is 2.76. The molecule has 8 heteroatoms. The highest BCUT2D eigenvalue weighted by molar-refractivity contribution is 7.92. The summed E-state index contributed by atoms with van der Waals surface area (Å²) in [6.45, 7) is 3.98. The fraction of sp³-hybridized carbons (Fsp3) is 0.263. The molecule has 1 heterocycles. The second-order valence-electron chi connectivity index (χ2n) is 6.37. The van der Waals surface area contributed by atoms with Gasteiger partial charge >= 0.3 is 0 Å². The van der Waals surface area contributed by atoms with Gasteiger partial charge in [0.25, 0.3) is 15.9 Å². The molecule has 3 N–H and O–H groups in total. The number of carbonyl (C=O) groups excluding carboxylic acids is 2. The maximum atomic E-state index is 12.8. The lowest BCUT2D eigenvalue weighted by molar-refractivity contribution is -0.115. The molecule has 142 valence electrons. The van der Waals surface area contributed by atoms with Gasteiger partial charge in [-0.2, -0.15) is 0 Å².